The normalized spacial score (nSPS) is 11.7. The molecule has 76 valence electrons. The number of rotatable bonds is 3. The van der Waals surface area contributed by atoms with Gasteiger partial charge >= 0.3 is 0 Å². The first-order chi connectivity index (χ1) is 6.72. The second-order valence-electron chi connectivity index (χ2n) is 2.61. The van der Waals surface area contributed by atoms with Gasteiger partial charge in [0, 0.05) is 7.11 Å². The van der Waals surface area contributed by atoms with Crippen molar-refractivity contribution in [2.75, 3.05) is 7.11 Å². The smallest absolute Gasteiger partial charge is 0.282 e. The summed E-state index contributed by atoms with van der Waals surface area (Å²) in [4.78, 5) is 4.29. The Bertz CT molecular complexity index is 439. The second kappa shape index (κ2) is 3.58. The van der Waals surface area contributed by atoms with Gasteiger partial charge in [-0.2, -0.15) is 5.10 Å². The minimum absolute atomic E-state index is 0.182. The predicted octanol–water partition coefficient (Wildman–Crippen LogP) is 1.87. The fourth-order valence-electron chi connectivity index (χ4n) is 1.08. The van der Waals surface area contributed by atoms with E-state index < -0.39 is 6.43 Å². The Morgan fingerprint density at radius 2 is 2.43 bits per heavy atom. The Balaban J connectivity index is 2.45. The van der Waals surface area contributed by atoms with Crippen molar-refractivity contribution in [3.63, 3.8) is 0 Å². The number of methoxy groups -OCH3 is 1. The van der Waals surface area contributed by atoms with Gasteiger partial charge in [0.1, 0.15) is 10.7 Å². The molecular formula is C7H7F2N3OS. The highest BCUT2D eigenvalue weighted by molar-refractivity contribution is 7.16. The standard InChI is InChI=1S/C7H7F2N3OS/c1-13-3-5-11-12-4(6(8)9)2-10-7(12)14-5/h2,6H,3H2,1H3. The number of halogens is 2. The summed E-state index contributed by atoms with van der Waals surface area (Å²) in [6, 6.07) is 0. The van der Waals surface area contributed by atoms with E-state index in [9.17, 15) is 8.78 Å². The molecule has 2 aromatic rings. The average molecular weight is 219 g/mol. The number of nitrogens with zero attached hydrogens (tertiary/aromatic N) is 3. The Labute approximate surface area is 82.1 Å². The molecular weight excluding hydrogens is 212 g/mol. The summed E-state index contributed by atoms with van der Waals surface area (Å²) in [7, 11) is 1.53. The highest BCUT2D eigenvalue weighted by Gasteiger charge is 2.16. The molecule has 0 bridgehead atoms. The molecule has 4 nitrogen and oxygen atoms in total. The summed E-state index contributed by atoms with van der Waals surface area (Å²) in [5.74, 6) is 0. The molecule has 7 heteroatoms. The molecule has 0 saturated carbocycles. The molecule has 0 N–H and O–H groups in total. The van der Waals surface area contributed by atoms with Gasteiger partial charge in [0.05, 0.1) is 12.8 Å². The van der Waals surface area contributed by atoms with Gasteiger partial charge in [0.2, 0.25) is 4.96 Å². The fraction of sp³-hybridized carbons (Fsp3) is 0.429. The average Bonchev–Trinajstić information content (AvgIpc) is 2.62. The van der Waals surface area contributed by atoms with Gasteiger partial charge in [-0.25, -0.2) is 18.3 Å². The molecule has 0 spiro atoms. The van der Waals surface area contributed by atoms with Crippen molar-refractivity contribution in [1.82, 2.24) is 14.6 Å². The molecule has 0 unspecified atom stereocenters. The molecule has 0 saturated heterocycles. The van der Waals surface area contributed by atoms with Crippen LogP contribution in [-0.4, -0.2) is 21.7 Å². The van der Waals surface area contributed by atoms with E-state index in [-0.39, 0.29) is 5.69 Å². The van der Waals surface area contributed by atoms with Crippen molar-refractivity contribution in [3.8, 4) is 0 Å². The van der Waals surface area contributed by atoms with Gasteiger partial charge in [-0.05, 0) is 0 Å². The first-order valence-electron chi connectivity index (χ1n) is 3.83. The summed E-state index contributed by atoms with van der Waals surface area (Å²) >= 11 is 1.24. The second-order valence-corrected chi connectivity index (χ2v) is 3.65. The van der Waals surface area contributed by atoms with Gasteiger partial charge in [0.15, 0.2) is 0 Å². The first kappa shape index (κ1) is 9.47. The minimum atomic E-state index is -2.55. The van der Waals surface area contributed by atoms with E-state index in [0.29, 0.717) is 16.6 Å². The number of alkyl halides is 2. The Hall–Kier alpha value is -1.08. The summed E-state index contributed by atoms with van der Waals surface area (Å²) in [5, 5.41) is 4.59. The van der Waals surface area contributed by atoms with Crippen LogP contribution in [0.15, 0.2) is 6.20 Å². The lowest BCUT2D eigenvalue weighted by Gasteiger charge is -1.93. The van der Waals surface area contributed by atoms with Crippen molar-refractivity contribution >= 4 is 16.3 Å². The lowest BCUT2D eigenvalue weighted by molar-refractivity contribution is 0.143. The molecule has 0 aliphatic rings. The molecule has 0 fully saturated rings. The molecule has 2 rings (SSSR count). The molecule has 0 aliphatic carbocycles. The van der Waals surface area contributed by atoms with Crippen LogP contribution in [0.1, 0.15) is 17.1 Å². The number of fused-ring (bicyclic) bond motifs is 1. The van der Waals surface area contributed by atoms with Crippen LogP contribution < -0.4 is 0 Å². The predicted molar refractivity (Wildman–Crippen MR) is 46.5 cm³/mol. The molecule has 2 heterocycles. The zero-order valence-corrected chi connectivity index (χ0v) is 8.09. The van der Waals surface area contributed by atoms with Gasteiger partial charge in [-0.3, -0.25) is 0 Å². The van der Waals surface area contributed by atoms with Crippen LogP contribution in [0.25, 0.3) is 4.96 Å². The number of hydrogen-bond donors (Lipinski definition) is 0. The van der Waals surface area contributed by atoms with E-state index in [4.69, 9.17) is 4.74 Å². The van der Waals surface area contributed by atoms with Crippen molar-refractivity contribution < 1.29 is 13.5 Å². The Kier molecular flexibility index (Phi) is 2.42. The SMILES string of the molecule is COCc1nn2c(C(F)F)cnc2s1. The van der Waals surface area contributed by atoms with Crippen molar-refractivity contribution in [2.24, 2.45) is 0 Å². The lowest BCUT2D eigenvalue weighted by Crippen LogP contribution is -1.95. The maximum absolute atomic E-state index is 12.4. The number of hydrogen-bond acceptors (Lipinski definition) is 4. The topological polar surface area (TPSA) is 39.4 Å². The van der Waals surface area contributed by atoms with E-state index in [0.717, 1.165) is 10.7 Å². The fourth-order valence-corrected chi connectivity index (χ4v) is 1.93. The zero-order valence-electron chi connectivity index (χ0n) is 7.28. The van der Waals surface area contributed by atoms with E-state index in [1.165, 1.54) is 18.4 Å². The lowest BCUT2D eigenvalue weighted by atomic mass is 10.5. The maximum atomic E-state index is 12.4. The highest BCUT2D eigenvalue weighted by atomic mass is 32.1. The van der Waals surface area contributed by atoms with Gasteiger partial charge in [-0.15, -0.1) is 0 Å². The van der Waals surface area contributed by atoms with Crippen LogP contribution in [0.3, 0.4) is 0 Å². The number of aromatic nitrogens is 3. The molecule has 14 heavy (non-hydrogen) atoms. The summed E-state index contributed by atoms with van der Waals surface area (Å²) in [6.07, 6.45) is -1.41. The molecule has 0 amide bonds. The molecule has 2 aromatic heterocycles. The Morgan fingerprint density at radius 1 is 1.64 bits per heavy atom. The largest absolute Gasteiger partial charge is 0.377 e. The van der Waals surface area contributed by atoms with Crippen LogP contribution in [0.4, 0.5) is 8.78 Å². The van der Waals surface area contributed by atoms with Crippen LogP contribution >= 0.6 is 11.3 Å². The molecule has 0 atom stereocenters. The van der Waals surface area contributed by atoms with Crippen LogP contribution in [0, 0.1) is 0 Å². The van der Waals surface area contributed by atoms with E-state index in [1.807, 2.05) is 0 Å². The van der Waals surface area contributed by atoms with E-state index in [1.54, 1.807) is 0 Å². The van der Waals surface area contributed by atoms with E-state index >= 15 is 0 Å². The number of imidazole rings is 1. The Morgan fingerprint density at radius 3 is 3.07 bits per heavy atom. The first-order valence-corrected chi connectivity index (χ1v) is 4.64. The van der Waals surface area contributed by atoms with Crippen molar-refractivity contribution in [2.45, 2.75) is 13.0 Å². The highest BCUT2D eigenvalue weighted by Crippen LogP contribution is 2.22. The van der Waals surface area contributed by atoms with Crippen LogP contribution in [-0.2, 0) is 11.3 Å². The number of ether oxygens (including phenoxy) is 1. The zero-order chi connectivity index (χ0) is 10.1. The van der Waals surface area contributed by atoms with Crippen molar-refractivity contribution in [1.29, 1.82) is 0 Å². The van der Waals surface area contributed by atoms with Crippen LogP contribution in [0.5, 0.6) is 0 Å². The summed E-state index contributed by atoms with van der Waals surface area (Å²) < 4.78 is 30.8. The van der Waals surface area contributed by atoms with E-state index in [2.05, 4.69) is 10.1 Å². The quantitative estimate of drug-likeness (QED) is 0.791. The molecule has 0 aromatic carbocycles. The van der Waals surface area contributed by atoms with Gasteiger partial charge in [0.25, 0.3) is 6.43 Å². The monoisotopic (exact) mass is 219 g/mol. The van der Waals surface area contributed by atoms with Crippen LogP contribution in [0.2, 0.25) is 0 Å². The maximum Gasteiger partial charge on any atom is 0.282 e. The third kappa shape index (κ3) is 1.48. The van der Waals surface area contributed by atoms with Gasteiger partial charge < -0.3 is 4.74 Å². The third-order valence-corrected chi connectivity index (χ3v) is 2.54. The molecule has 0 aliphatic heterocycles. The molecule has 0 radical (unpaired) electrons. The summed E-state index contributed by atoms with van der Waals surface area (Å²) in [5.41, 5.74) is -0.182. The van der Waals surface area contributed by atoms with Crippen molar-refractivity contribution in [3.05, 3.63) is 16.9 Å². The third-order valence-electron chi connectivity index (χ3n) is 1.65. The minimum Gasteiger partial charge on any atom is -0.377 e. The summed E-state index contributed by atoms with van der Waals surface area (Å²) in [6.45, 7) is 0.316. The van der Waals surface area contributed by atoms with Gasteiger partial charge in [-0.1, -0.05) is 11.3 Å².